The molecule has 7 atom stereocenters. The van der Waals surface area contributed by atoms with E-state index in [1.54, 1.807) is 6.08 Å². The van der Waals surface area contributed by atoms with Crippen molar-refractivity contribution >= 4 is 5.91 Å². The Morgan fingerprint density at radius 1 is 0.611 bits per heavy atom. The molecule has 0 spiro atoms. The predicted molar refractivity (Wildman–Crippen MR) is 221 cm³/mol. The Kier molecular flexibility index (Phi) is 33.4. The first-order valence-corrected chi connectivity index (χ1v) is 22.2. The third-order valence-corrected chi connectivity index (χ3v) is 10.4. The van der Waals surface area contributed by atoms with E-state index < -0.39 is 49.5 Å². The van der Waals surface area contributed by atoms with Crippen LogP contribution in [0.5, 0.6) is 0 Å². The summed E-state index contributed by atoms with van der Waals surface area (Å²) in [6.45, 7) is 3.70. The second kappa shape index (κ2) is 35.8. The number of rotatable bonds is 36. The summed E-state index contributed by atoms with van der Waals surface area (Å²) in [5, 5.41) is 53.9. The van der Waals surface area contributed by atoms with Gasteiger partial charge in [-0.25, -0.2) is 0 Å². The Morgan fingerprint density at radius 3 is 1.56 bits per heavy atom. The van der Waals surface area contributed by atoms with Gasteiger partial charge in [0.25, 0.3) is 0 Å². The summed E-state index contributed by atoms with van der Waals surface area (Å²) in [4.78, 5) is 12.8. The third-order valence-electron chi connectivity index (χ3n) is 10.4. The Hall–Kier alpha value is -1.59. The Morgan fingerprint density at radius 2 is 1.06 bits per heavy atom. The first kappa shape index (κ1) is 50.4. The first-order valence-electron chi connectivity index (χ1n) is 22.2. The topological polar surface area (TPSA) is 149 Å². The minimum absolute atomic E-state index is 0.197. The standard InChI is InChI=1S/C45H83NO8/c1-3-5-7-9-11-13-14-15-16-17-18-19-20-21-22-23-24-25-26-27-28-30-32-34-39(48)38(46-41(49)35-33-31-29-12-10-8-6-4-2)37-53-45-44(52)43(51)42(50)40(36-47)54-45/h22-23,26-27,32,34,38-40,42-45,47-48,50-52H,3-21,24-25,28-31,33,35-37H2,1-2H3,(H,46,49)/b23-22+,27-26+,34-32+. The molecule has 316 valence electrons. The minimum Gasteiger partial charge on any atom is -0.394 e. The van der Waals surface area contributed by atoms with Crippen LogP contribution in [-0.2, 0) is 14.3 Å². The molecule has 9 heteroatoms. The van der Waals surface area contributed by atoms with Gasteiger partial charge in [-0.05, 0) is 44.9 Å². The van der Waals surface area contributed by atoms with Crippen molar-refractivity contribution < 1.29 is 39.8 Å². The summed E-state index contributed by atoms with van der Waals surface area (Å²) in [7, 11) is 0. The van der Waals surface area contributed by atoms with Gasteiger partial charge in [-0.15, -0.1) is 0 Å². The first-order chi connectivity index (χ1) is 26.3. The Balaban J connectivity index is 2.33. The maximum absolute atomic E-state index is 12.8. The van der Waals surface area contributed by atoms with E-state index in [1.165, 1.54) is 122 Å². The summed E-state index contributed by atoms with van der Waals surface area (Å²) in [6.07, 6.45) is 36.4. The lowest BCUT2D eigenvalue weighted by Gasteiger charge is -2.40. The van der Waals surface area contributed by atoms with E-state index in [0.29, 0.717) is 6.42 Å². The van der Waals surface area contributed by atoms with Gasteiger partial charge in [0.15, 0.2) is 6.29 Å². The van der Waals surface area contributed by atoms with E-state index in [9.17, 15) is 30.3 Å². The highest BCUT2D eigenvalue weighted by atomic mass is 16.7. The number of aliphatic hydroxyl groups excluding tert-OH is 5. The second-order valence-electron chi connectivity index (χ2n) is 15.5. The number of carbonyl (C=O) groups is 1. The molecule has 54 heavy (non-hydrogen) atoms. The van der Waals surface area contributed by atoms with Gasteiger partial charge in [0, 0.05) is 6.42 Å². The summed E-state index contributed by atoms with van der Waals surface area (Å²) in [5.74, 6) is -0.197. The highest BCUT2D eigenvalue weighted by molar-refractivity contribution is 5.76. The maximum Gasteiger partial charge on any atom is 0.220 e. The molecule has 0 aromatic heterocycles. The van der Waals surface area contributed by atoms with Crippen LogP contribution in [0.2, 0.25) is 0 Å². The van der Waals surface area contributed by atoms with E-state index in [-0.39, 0.29) is 12.5 Å². The minimum atomic E-state index is -1.57. The smallest absolute Gasteiger partial charge is 0.220 e. The lowest BCUT2D eigenvalue weighted by molar-refractivity contribution is -0.302. The molecule has 1 amide bonds. The SMILES string of the molecule is CCCCCCCCCCCCCCC/C=C/CC/C=C/CC/C=C/C(O)C(COC1OC(CO)C(O)C(O)C1O)NC(=O)CCCCCCCCCC. The highest BCUT2D eigenvalue weighted by Gasteiger charge is 2.44. The molecular weight excluding hydrogens is 682 g/mol. The van der Waals surface area contributed by atoms with Gasteiger partial charge in [-0.1, -0.05) is 172 Å². The average molecular weight is 766 g/mol. The van der Waals surface area contributed by atoms with Crippen LogP contribution in [0.3, 0.4) is 0 Å². The average Bonchev–Trinajstić information content (AvgIpc) is 3.17. The molecule has 0 aliphatic carbocycles. The van der Waals surface area contributed by atoms with E-state index in [0.717, 1.165) is 44.9 Å². The van der Waals surface area contributed by atoms with Crippen molar-refractivity contribution in [3.05, 3.63) is 36.5 Å². The maximum atomic E-state index is 12.8. The summed E-state index contributed by atoms with van der Waals surface area (Å²) >= 11 is 0. The zero-order chi connectivity index (χ0) is 39.5. The summed E-state index contributed by atoms with van der Waals surface area (Å²) in [6, 6.07) is -0.822. The van der Waals surface area contributed by atoms with Crippen LogP contribution in [0, 0.1) is 0 Å². The van der Waals surface area contributed by atoms with Crippen LogP contribution in [0.15, 0.2) is 36.5 Å². The largest absolute Gasteiger partial charge is 0.394 e. The van der Waals surface area contributed by atoms with Crippen molar-refractivity contribution in [3.8, 4) is 0 Å². The number of amides is 1. The number of carbonyl (C=O) groups excluding carboxylic acids is 1. The fourth-order valence-electron chi connectivity index (χ4n) is 6.83. The molecule has 1 aliphatic heterocycles. The number of aliphatic hydroxyl groups is 5. The zero-order valence-corrected chi connectivity index (χ0v) is 34.5. The molecule has 1 rings (SSSR count). The fraction of sp³-hybridized carbons (Fsp3) is 0.844. The lowest BCUT2D eigenvalue weighted by Crippen LogP contribution is -2.60. The van der Waals surface area contributed by atoms with Crippen molar-refractivity contribution in [2.24, 2.45) is 0 Å². The van der Waals surface area contributed by atoms with Crippen LogP contribution in [0.1, 0.15) is 187 Å². The van der Waals surface area contributed by atoms with E-state index in [1.807, 2.05) is 6.08 Å². The van der Waals surface area contributed by atoms with Crippen molar-refractivity contribution in [1.29, 1.82) is 0 Å². The van der Waals surface area contributed by atoms with E-state index >= 15 is 0 Å². The number of hydrogen-bond acceptors (Lipinski definition) is 8. The van der Waals surface area contributed by atoms with E-state index in [2.05, 4.69) is 43.5 Å². The van der Waals surface area contributed by atoms with Gasteiger partial charge in [0.2, 0.25) is 5.91 Å². The van der Waals surface area contributed by atoms with Crippen LogP contribution >= 0.6 is 0 Å². The van der Waals surface area contributed by atoms with Gasteiger partial charge in [0.1, 0.15) is 24.4 Å². The molecule has 1 heterocycles. The van der Waals surface area contributed by atoms with Crippen molar-refractivity contribution in [1.82, 2.24) is 5.32 Å². The third kappa shape index (κ3) is 26.3. The molecule has 9 nitrogen and oxygen atoms in total. The van der Waals surface area contributed by atoms with Crippen LogP contribution in [0.4, 0.5) is 0 Å². The number of ether oxygens (including phenoxy) is 2. The Labute approximate surface area is 330 Å². The van der Waals surface area contributed by atoms with Gasteiger partial charge >= 0.3 is 0 Å². The molecule has 1 aliphatic rings. The molecule has 7 unspecified atom stereocenters. The lowest BCUT2D eigenvalue weighted by atomic mass is 9.99. The molecule has 0 bridgehead atoms. The van der Waals surface area contributed by atoms with Gasteiger partial charge in [0.05, 0.1) is 25.4 Å². The predicted octanol–water partition coefficient (Wildman–Crippen LogP) is 8.89. The summed E-state index contributed by atoms with van der Waals surface area (Å²) in [5.41, 5.74) is 0. The normalized spacial score (nSPS) is 21.8. The second-order valence-corrected chi connectivity index (χ2v) is 15.5. The number of nitrogens with one attached hydrogen (secondary N) is 1. The van der Waals surface area contributed by atoms with E-state index in [4.69, 9.17) is 9.47 Å². The molecule has 0 radical (unpaired) electrons. The molecule has 0 saturated carbocycles. The molecular formula is C45H83NO8. The number of unbranched alkanes of at least 4 members (excludes halogenated alkanes) is 22. The number of hydrogen-bond donors (Lipinski definition) is 6. The number of allylic oxidation sites excluding steroid dienone is 5. The van der Waals surface area contributed by atoms with Gasteiger partial charge in [-0.3, -0.25) is 4.79 Å². The molecule has 0 aromatic rings. The van der Waals surface area contributed by atoms with Crippen LogP contribution in [0.25, 0.3) is 0 Å². The fourth-order valence-corrected chi connectivity index (χ4v) is 6.83. The van der Waals surface area contributed by atoms with Crippen molar-refractivity contribution in [2.45, 2.75) is 230 Å². The van der Waals surface area contributed by atoms with Gasteiger partial charge in [-0.2, -0.15) is 0 Å². The molecule has 6 N–H and O–H groups in total. The molecule has 1 saturated heterocycles. The molecule has 0 aromatic carbocycles. The Bertz CT molecular complexity index is 941. The quantitative estimate of drug-likeness (QED) is 0.0274. The van der Waals surface area contributed by atoms with Crippen LogP contribution < -0.4 is 5.32 Å². The van der Waals surface area contributed by atoms with Crippen LogP contribution in [-0.4, -0.2) is 87.5 Å². The van der Waals surface area contributed by atoms with Gasteiger partial charge < -0.3 is 40.3 Å². The van der Waals surface area contributed by atoms with Crippen molar-refractivity contribution in [2.75, 3.05) is 13.2 Å². The molecule has 1 fully saturated rings. The monoisotopic (exact) mass is 766 g/mol. The zero-order valence-electron chi connectivity index (χ0n) is 34.5. The van der Waals surface area contributed by atoms with Crippen molar-refractivity contribution in [3.63, 3.8) is 0 Å². The summed E-state index contributed by atoms with van der Waals surface area (Å²) < 4.78 is 11.1. The highest BCUT2D eigenvalue weighted by Crippen LogP contribution is 2.22.